The van der Waals surface area contributed by atoms with E-state index in [1.807, 2.05) is 26.2 Å². The molecule has 1 aliphatic carbocycles. The number of aromatic amines is 1. The minimum atomic E-state index is 0.164. The maximum absolute atomic E-state index is 12.8. The number of rotatable bonds is 7. The highest BCUT2D eigenvalue weighted by atomic mass is 16.2. The standard InChI is InChI=1S/C18H31N3O/c1-4-12-21(13-15-8-6-5-7-9-15)18(22)17-11-10-16(19-17)14-20(2)3/h10-11,15,19H,4-9,12-14H2,1-3H3. The summed E-state index contributed by atoms with van der Waals surface area (Å²) in [6.45, 7) is 4.77. The molecule has 0 bridgehead atoms. The van der Waals surface area contributed by atoms with Crippen LogP contribution < -0.4 is 0 Å². The first-order valence-electron chi connectivity index (χ1n) is 8.72. The van der Waals surface area contributed by atoms with Crippen molar-refractivity contribution >= 4 is 5.91 Å². The molecule has 1 fully saturated rings. The van der Waals surface area contributed by atoms with Crippen molar-refractivity contribution in [2.24, 2.45) is 5.92 Å². The number of carbonyl (C=O) groups excluding carboxylic acids is 1. The number of aromatic nitrogens is 1. The summed E-state index contributed by atoms with van der Waals surface area (Å²) < 4.78 is 0. The van der Waals surface area contributed by atoms with Gasteiger partial charge in [-0.1, -0.05) is 26.2 Å². The van der Waals surface area contributed by atoms with Crippen molar-refractivity contribution < 1.29 is 4.79 Å². The van der Waals surface area contributed by atoms with E-state index in [1.165, 1.54) is 32.1 Å². The average Bonchev–Trinajstić information content (AvgIpc) is 2.95. The van der Waals surface area contributed by atoms with E-state index in [2.05, 4.69) is 21.7 Å². The molecule has 1 N–H and O–H groups in total. The van der Waals surface area contributed by atoms with Gasteiger partial charge in [0.1, 0.15) is 5.69 Å². The van der Waals surface area contributed by atoms with Crippen LogP contribution in [0.3, 0.4) is 0 Å². The monoisotopic (exact) mass is 305 g/mol. The lowest BCUT2D eigenvalue weighted by atomic mass is 9.89. The zero-order valence-corrected chi connectivity index (χ0v) is 14.4. The van der Waals surface area contributed by atoms with E-state index in [1.54, 1.807) is 0 Å². The number of nitrogens with zero attached hydrogens (tertiary/aromatic N) is 2. The summed E-state index contributed by atoms with van der Waals surface area (Å²) in [5.74, 6) is 0.859. The Morgan fingerprint density at radius 3 is 2.59 bits per heavy atom. The first-order chi connectivity index (χ1) is 10.6. The lowest BCUT2D eigenvalue weighted by Gasteiger charge is -2.29. The van der Waals surface area contributed by atoms with Gasteiger partial charge in [0, 0.05) is 25.3 Å². The molecule has 0 aliphatic heterocycles. The molecule has 0 atom stereocenters. The fraction of sp³-hybridized carbons (Fsp3) is 0.722. The molecule has 1 aliphatic rings. The van der Waals surface area contributed by atoms with Gasteiger partial charge in [-0.3, -0.25) is 4.79 Å². The van der Waals surface area contributed by atoms with Crippen LogP contribution in [0.15, 0.2) is 12.1 Å². The zero-order chi connectivity index (χ0) is 15.9. The van der Waals surface area contributed by atoms with E-state index in [0.29, 0.717) is 5.92 Å². The minimum Gasteiger partial charge on any atom is -0.353 e. The van der Waals surface area contributed by atoms with Crippen LogP contribution in [0.4, 0.5) is 0 Å². The van der Waals surface area contributed by atoms with Gasteiger partial charge < -0.3 is 14.8 Å². The average molecular weight is 305 g/mol. The summed E-state index contributed by atoms with van der Waals surface area (Å²) in [6.07, 6.45) is 7.60. The van der Waals surface area contributed by atoms with Gasteiger partial charge in [0.2, 0.25) is 0 Å². The Balaban J connectivity index is 1.99. The fourth-order valence-electron chi connectivity index (χ4n) is 3.40. The van der Waals surface area contributed by atoms with Crippen LogP contribution in [-0.2, 0) is 6.54 Å². The molecule has 0 saturated heterocycles. The van der Waals surface area contributed by atoms with Gasteiger partial charge in [-0.25, -0.2) is 0 Å². The summed E-state index contributed by atoms with van der Waals surface area (Å²) in [5, 5.41) is 0. The molecule has 124 valence electrons. The third kappa shape index (κ3) is 4.87. The van der Waals surface area contributed by atoms with Gasteiger partial charge in [-0.05, 0) is 51.4 Å². The topological polar surface area (TPSA) is 39.3 Å². The molecule has 1 aromatic heterocycles. The Bertz CT molecular complexity index is 461. The Kier molecular flexibility index (Phi) is 6.49. The van der Waals surface area contributed by atoms with E-state index in [4.69, 9.17) is 0 Å². The third-order valence-corrected chi connectivity index (χ3v) is 4.45. The van der Waals surface area contributed by atoms with Crippen molar-refractivity contribution in [1.82, 2.24) is 14.8 Å². The largest absolute Gasteiger partial charge is 0.353 e. The number of nitrogens with one attached hydrogen (secondary N) is 1. The molecular formula is C18H31N3O. The molecule has 4 nitrogen and oxygen atoms in total. The smallest absolute Gasteiger partial charge is 0.270 e. The first-order valence-corrected chi connectivity index (χ1v) is 8.72. The number of hydrogen-bond donors (Lipinski definition) is 1. The SMILES string of the molecule is CCCN(CC1CCCCC1)C(=O)c1ccc(CN(C)C)[nH]1. The van der Waals surface area contributed by atoms with Crippen LogP contribution in [0.25, 0.3) is 0 Å². The Hall–Kier alpha value is -1.29. The predicted octanol–water partition coefficient (Wildman–Crippen LogP) is 3.51. The highest BCUT2D eigenvalue weighted by Crippen LogP contribution is 2.25. The van der Waals surface area contributed by atoms with Crippen molar-refractivity contribution in [2.45, 2.75) is 52.0 Å². The molecule has 1 heterocycles. The zero-order valence-electron chi connectivity index (χ0n) is 14.4. The van der Waals surface area contributed by atoms with Gasteiger partial charge in [0.05, 0.1) is 0 Å². The fourth-order valence-corrected chi connectivity index (χ4v) is 3.40. The van der Waals surface area contributed by atoms with Gasteiger partial charge in [-0.2, -0.15) is 0 Å². The number of hydrogen-bond acceptors (Lipinski definition) is 2. The van der Waals surface area contributed by atoms with Crippen LogP contribution in [0.1, 0.15) is 61.6 Å². The lowest BCUT2D eigenvalue weighted by Crippen LogP contribution is -2.36. The minimum absolute atomic E-state index is 0.164. The van der Waals surface area contributed by atoms with E-state index >= 15 is 0 Å². The molecule has 1 saturated carbocycles. The van der Waals surface area contributed by atoms with Crippen molar-refractivity contribution in [1.29, 1.82) is 0 Å². The van der Waals surface area contributed by atoms with Crippen molar-refractivity contribution in [3.05, 3.63) is 23.5 Å². The molecular weight excluding hydrogens is 274 g/mol. The highest BCUT2D eigenvalue weighted by molar-refractivity contribution is 5.92. The molecule has 22 heavy (non-hydrogen) atoms. The maximum atomic E-state index is 12.8. The van der Waals surface area contributed by atoms with Crippen molar-refractivity contribution in [2.75, 3.05) is 27.2 Å². The van der Waals surface area contributed by atoms with Crippen LogP contribution >= 0.6 is 0 Å². The van der Waals surface area contributed by atoms with Gasteiger partial charge in [0.25, 0.3) is 5.91 Å². The number of carbonyl (C=O) groups is 1. The van der Waals surface area contributed by atoms with Crippen LogP contribution in [0, 0.1) is 5.92 Å². The van der Waals surface area contributed by atoms with Crippen LogP contribution in [0.5, 0.6) is 0 Å². The van der Waals surface area contributed by atoms with Crippen molar-refractivity contribution in [3.63, 3.8) is 0 Å². The number of H-pyrrole nitrogens is 1. The predicted molar refractivity (Wildman–Crippen MR) is 91.0 cm³/mol. The van der Waals surface area contributed by atoms with E-state index < -0.39 is 0 Å². The Labute approximate surface area is 134 Å². The molecule has 0 spiro atoms. The first kappa shape index (κ1) is 17.1. The summed E-state index contributed by atoms with van der Waals surface area (Å²) in [5.41, 5.74) is 1.84. The van der Waals surface area contributed by atoms with E-state index in [9.17, 15) is 4.79 Å². The Morgan fingerprint density at radius 2 is 1.95 bits per heavy atom. The maximum Gasteiger partial charge on any atom is 0.270 e. The summed E-state index contributed by atoms with van der Waals surface area (Å²) in [4.78, 5) is 20.2. The second-order valence-corrected chi connectivity index (χ2v) is 6.89. The normalized spacial score (nSPS) is 16.2. The molecule has 2 rings (SSSR count). The van der Waals surface area contributed by atoms with E-state index in [-0.39, 0.29) is 5.91 Å². The third-order valence-electron chi connectivity index (χ3n) is 4.45. The summed E-state index contributed by atoms with van der Waals surface area (Å²) in [6, 6.07) is 3.96. The molecule has 0 radical (unpaired) electrons. The molecule has 1 aromatic rings. The van der Waals surface area contributed by atoms with Gasteiger partial charge in [0.15, 0.2) is 0 Å². The second kappa shape index (κ2) is 8.37. The quantitative estimate of drug-likeness (QED) is 0.837. The molecule has 0 unspecified atom stereocenters. The summed E-state index contributed by atoms with van der Waals surface area (Å²) >= 11 is 0. The van der Waals surface area contributed by atoms with Crippen LogP contribution in [0.2, 0.25) is 0 Å². The Morgan fingerprint density at radius 1 is 1.23 bits per heavy atom. The molecule has 0 aromatic carbocycles. The lowest BCUT2D eigenvalue weighted by molar-refractivity contribution is 0.0708. The molecule has 4 heteroatoms. The van der Waals surface area contributed by atoms with Gasteiger partial charge >= 0.3 is 0 Å². The van der Waals surface area contributed by atoms with Crippen LogP contribution in [-0.4, -0.2) is 47.9 Å². The second-order valence-electron chi connectivity index (χ2n) is 6.89. The van der Waals surface area contributed by atoms with E-state index in [0.717, 1.165) is 37.4 Å². The van der Waals surface area contributed by atoms with Crippen molar-refractivity contribution in [3.8, 4) is 0 Å². The summed E-state index contributed by atoms with van der Waals surface area (Å²) in [7, 11) is 4.07. The molecule has 1 amide bonds. The number of amides is 1. The van der Waals surface area contributed by atoms with Gasteiger partial charge in [-0.15, -0.1) is 0 Å². The highest BCUT2D eigenvalue weighted by Gasteiger charge is 2.22.